The van der Waals surface area contributed by atoms with Crippen molar-refractivity contribution in [2.75, 3.05) is 29.5 Å². The van der Waals surface area contributed by atoms with Crippen LogP contribution in [-0.4, -0.2) is 31.4 Å². The van der Waals surface area contributed by atoms with Crippen LogP contribution in [0.3, 0.4) is 0 Å². The Morgan fingerprint density at radius 2 is 1.59 bits per heavy atom. The number of amides is 1. The van der Waals surface area contributed by atoms with Crippen LogP contribution in [0.1, 0.15) is 65.4 Å². The summed E-state index contributed by atoms with van der Waals surface area (Å²) in [5.41, 5.74) is 4.48. The van der Waals surface area contributed by atoms with Gasteiger partial charge in [0.2, 0.25) is 5.91 Å². The number of allylic oxidation sites excluding steroid dienone is 2. The second-order valence-corrected chi connectivity index (χ2v) is 9.98. The van der Waals surface area contributed by atoms with Crippen molar-refractivity contribution in [3.63, 3.8) is 0 Å². The van der Waals surface area contributed by atoms with Crippen molar-refractivity contribution in [1.29, 1.82) is 0 Å². The van der Waals surface area contributed by atoms with Gasteiger partial charge >= 0.3 is 0 Å². The highest BCUT2D eigenvalue weighted by atomic mass is 16.5. The van der Waals surface area contributed by atoms with E-state index >= 15 is 0 Å². The third-order valence-electron chi connectivity index (χ3n) is 6.97. The Labute approximate surface area is 203 Å². The Balaban J connectivity index is 1.77. The fourth-order valence-electron chi connectivity index (χ4n) is 5.36. The molecule has 1 amide bonds. The van der Waals surface area contributed by atoms with Crippen molar-refractivity contribution < 1.29 is 14.3 Å². The summed E-state index contributed by atoms with van der Waals surface area (Å²) >= 11 is 0. The molecule has 2 aromatic carbocycles. The number of nitrogens with zero attached hydrogens (tertiary/aromatic N) is 2. The number of rotatable bonds is 7. The molecule has 0 bridgehead atoms. The summed E-state index contributed by atoms with van der Waals surface area (Å²) in [5, 5.41) is 0. The van der Waals surface area contributed by atoms with E-state index in [9.17, 15) is 9.59 Å². The van der Waals surface area contributed by atoms with Crippen LogP contribution in [0.15, 0.2) is 59.8 Å². The highest BCUT2D eigenvalue weighted by Gasteiger charge is 2.44. The average Bonchev–Trinajstić information content (AvgIpc) is 2.80. The van der Waals surface area contributed by atoms with Gasteiger partial charge in [-0.1, -0.05) is 26.0 Å². The quantitative estimate of drug-likeness (QED) is 0.501. The van der Waals surface area contributed by atoms with Crippen LogP contribution in [-0.2, 0) is 9.59 Å². The molecule has 5 nitrogen and oxygen atoms in total. The molecule has 0 aromatic heterocycles. The van der Waals surface area contributed by atoms with E-state index in [0.717, 1.165) is 47.0 Å². The van der Waals surface area contributed by atoms with Gasteiger partial charge in [-0.3, -0.25) is 14.5 Å². The lowest BCUT2D eigenvalue weighted by molar-refractivity contribution is -0.121. The Kier molecular flexibility index (Phi) is 6.83. The van der Waals surface area contributed by atoms with Gasteiger partial charge < -0.3 is 9.64 Å². The van der Waals surface area contributed by atoms with Gasteiger partial charge in [-0.05, 0) is 74.6 Å². The van der Waals surface area contributed by atoms with Gasteiger partial charge in [0.15, 0.2) is 5.78 Å². The second-order valence-electron chi connectivity index (χ2n) is 9.98. The van der Waals surface area contributed by atoms with Crippen LogP contribution in [0.4, 0.5) is 11.4 Å². The molecule has 180 valence electrons. The van der Waals surface area contributed by atoms with E-state index in [1.165, 1.54) is 0 Å². The minimum absolute atomic E-state index is 0.0335. The number of hydrogen-bond donors (Lipinski definition) is 0. The second kappa shape index (κ2) is 9.65. The van der Waals surface area contributed by atoms with Gasteiger partial charge in [0, 0.05) is 54.5 Å². The van der Waals surface area contributed by atoms with Gasteiger partial charge in [-0.2, -0.15) is 0 Å². The van der Waals surface area contributed by atoms with E-state index in [2.05, 4.69) is 56.9 Å². The number of ether oxygens (including phenoxy) is 1. The molecular weight excluding hydrogens is 424 g/mol. The lowest BCUT2D eigenvalue weighted by atomic mass is 9.69. The number of carbonyl (C=O) groups excluding carboxylic acids is 2. The third kappa shape index (κ3) is 4.61. The molecule has 34 heavy (non-hydrogen) atoms. The van der Waals surface area contributed by atoms with Crippen LogP contribution < -0.4 is 14.5 Å². The van der Waals surface area contributed by atoms with Crippen LogP contribution in [0.2, 0.25) is 0 Å². The average molecular weight is 461 g/mol. The normalized spacial score (nSPS) is 19.8. The summed E-state index contributed by atoms with van der Waals surface area (Å²) in [5.74, 6) is 0.769. The van der Waals surface area contributed by atoms with Gasteiger partial charge in [-0.25, -0.2) is 0 Å². The van der Waals surface area contributed by atoms with E-state index in [1.54, 1.807) is 4.90 Å². The van der Waals surface area contributed by atoms with Crippen molar-refractivity contribution in [1.82, 2.24) is 0 Å². The zero-order valence-electron chi connectivity index (χ0n) is 21.1. The molecule has 1 aliphatic heterocycles. The van der Waals surface area contributed by atoms with Gasteiger partial charge in [0.05, 0.1) is 6.61 Å². The van der Waals surface area contributed by atoms with E-state index in [0.29, 0.717) is 25.9 Å². The van der Waals surface area contributed by atoms with Crippen molar-refractivity contribution in [3.8, 4) is 5.75 Å². The Morgan fingerprint density at radius 3 is 2.18 bits per heavy atom. The smallest absolute Gasteiger partial charge is 0.232 e. The summed E-state index contributed by atoms with van der Waals surface area (Å²) in [6.07, 6.45) is 1.50. The Morgan fingerprint density at radius 1 is 0.941 bits per heavy atom. The number of Topliss-reactive ketones (excluding diaryl/α,β-unsaturated/α-hetero) is 1. The van der Waals surface area contributed by atoms with E-state index < -0.39 is 0 Å². The highest BCUT2D eigenvalue weighted by Crippen LogP contribution is 2.48. The van der Waals surface area contributed by atoms with Crippen LogP contribution in [0.25, 0.3) is 0 Å². The topological polar surface area (TPSA) is 49.9 Å². The lowest BCUT2D eigenvalue weighted by Crippen LogP contribution is -2.43. The van der Waals surface area contributed by atoms with Crippen LogP contribution in [0.5, 0.6) is 5.75 Å². The van der Waals surface area contributed by atoms with E-state index in [-0.39, 0.29) is 23.0 Å². The predicted octanol–water partition coefficient (Wildman–Crippen LogP) is 6.10. The largest absolute Gasteiger partial charge is 0.494 e. The first-order valence-electron chi connectivity index (χ1n) is 12.4. The molecule has 0 radical (unpaired) electrons. The van der Waals surface area contributed by atoms with Crippen molar-refractivity contribution >= 4 is 23.1 Å². The molecule has 2 aliphatic rings. The number of carbonyl (C=O) groups is 2. The number of anilines is 2. The summed E-state index contributed by atoms with van der Waals surface area (Å²) < 4.78 is 5.58. The summed E-state index contributed by atoms with van der Waals surface area (Å²) in [7, 11) is 0. The highest BCUT2D eigenvalue weighted by molar-refractivity contribution is 6.07. The molecule has 1 unspecified atom stereocenters. The van der Waals surface area contributed by atoms with Crippen molar-refractivity contribution in [2.24, 2.45) is 5.41 Å². The molecule has 0 saturated carbocycles. The zero-order chi connectivity index (χ0) is 24.5. The maximum Gasteiger partial charge on any atom is 0.232 e. The number of ketones is 1. The molecule has 5 heteroatoms. The maximum absolute atomic E-state index is 13.6. The first kappa shape index (κ1) is 24.1. The summed E-state index contributed by atoms with van der Waals surface area (Å²) in [6.45, 7) is 12.9. The van der Waals surface area contributed by atoms with Gasteiger partial charge in [0.25, 0.3) is 0 Å². The number of benzene rings is 2. The van der Waals surface area contributed by atoms with Gasteiger partial charge in [0.1, 0.15) is 5.75 Å². The maximum atomic E-state index is 13.6. The minimum Gasteiger partial charge on any atom is -0.494 e. The molecule has 0 spiro atoms. The fourth-order valence-corrected chi connectivity index (χ4v) is 5.36. The van der Waals surface area contributed by atoms with Crippen molar-refractivity contribution in [2.45, 2.75) is 59.8 Å². The molecule has 1 heterocycles. The fraction of sp³-hybridized carbons (Fsp3) is 0.448. The molecule has 1 atom stereocenters. The monoisotopic (exact) mass is 460 g/mol. The molecule has 0 fully saturated rings. The number of hydrogen-bond acceptors (Lipinski definition) is 4. The van der Waals surface area contributed by atoms with Crippen molar-refractivity contribution in [3.05, 3.63) is 65.4 Å². The first-order valence-corrected chi connectivity index (χ1v) is 12.4. The van der Waals surface area contributed by atoms with Crippen LogP contribution >= 0.6 is 0 Å². The molecule has 4 rings (SSSR count). The standard InChI is InChI=1S/C29H36N2O3/c1-6-30(7-2)21-11-9-20(10-12-21)24-17-27(33)31(22-13-15-23(16-14-22)34-8-3)25-18-29(4,5)19-26(32)28(24)25/h9-16,24H,6-8,17-19H2,1-5H3. The first-order chi connectivity index (χ1) is 16.3. The molecule has 0 N–H and O–H groups in total. The summed E-state index contributed by atoms with van der Waals surface area (Å²) in [6, 6.07) is 16.0. The zero-order valence-corrected chi connectivity index (χ0v) is 21.1. The van der Waals surface area contributed by atoms with Crippen LogP contribution in [0, 0.1) is 5.41 Å². The van der Waals surface area contributed by atoms with Gasteiger partial charge in [-0.15, -0.1) is 0 Å². The minimum atomic E-state index is -0.198. The van der Waals surface area contributed by atoms with E-state index in [4.69, 9.17) is 4.74 Å². The molecular formula is C29H36N2O3. The SMILES string of the molecule is CCOc1ccc(N2C(=O)CC(c3ccc(N(CC)CC)cc3)C3=C2CC(C)(C)CC3=O)cc1. The summed E-state index contributed by atoms with van der Waals surface area (Å²) in [4.78, 5) is 31.1. The predicted molar refractivity (Wildman–Crippen MR) is 138 cm³/mol. The van der Waals surface area contributed by atoms with E-state index in [1.807, 2.05) is 31.2 Å². The molecule has 1 aliphatic carbocycles. The third-order valence-corrected chi connectivity index (χ3v) is 6.97. The Hall–Kier alpha value is -3.08. The molecule has 2 aromatic rings. The lowest BCUT2D eigenvalue weighted by Gasteiger charge is -2.43. The Bertz CT molecular complexity index is 1080. The molecule has 0 saturated heterocycles.